The molecule has 0 saturated heterocycles. The van der Waals surface area contributed by atoms with Gasteiger partial charge in [-0.05, 0) is 25.7 Å². The predicted octanol–water partition coefficient (Wildman–Crippen LogP) is 3.22. The molecule has 212 valence electrons. The van der Waals surface area contributed by atoms with E-state index < -0.39 is 39.8 Å². The van der Waals surface area contributed by atoms with Gasteiger partial charge in [-0.3, -0.25) is 13.6 Å². The molecule has 2 heterocycles. The Bertz CT molecular complexity index is 1080. The molecular weight excluding hydrogens is 527 g/mol. The number of rotatable bonds is 17. The second kappa shape index (κ2) is 14.7. The van der Waals surface area contributed by atoms with Crippen LogP contribution in [0.4, 0.5) is 21.4 Å². The smallest absolute Gasteiger partial charge is 0.434 e. The average molecular weight is 561 g/mol. The number of carbonyl (C=O) groups is 2. The van der Waals surface area contributed by atoms with Gasteiger partial charge in [0, 0.05) is 12.6 Å². The molecule has 0 radical (unpaired) electrons. The molecule has 1 saturated carbocycles. The summed E-state index contributed by atoms with van der Waals surface area (Å²) in [6.45, 7) is 2.79. The first kappa shape index (κ1) is 29.4. The number of nitrogens with zero attached hydrogens (tertiary/aromatic N) is 4. The zero-order valence-corrected chi connectivity index (χ0v) is 22.2. The Morgan fingerprint density at radius 1 is 1.03 bits per heavy atom. The fourth-order valence-electron chi connectivity index (χ4n) is 2.86. The van der Waals surface area contributed by atoms with E-state index in [0.717, 1.165) is 12.8 Å². The lowest BCUT2D eigenvalue weighted by Gasteiger charge is -2.18. The summed E-state index contributed by atoms with van der Waals surface area (Å²) in [4.78, 5) is 35.8. The zero-order chi connectivity index (χ0) is 27.4. The number of nitrogen functional groups attached to an aromatic ring is 1. The summed E-state index contributed by atoms with van der Waals surface area (Å²) in [7, 11) is -4.03. The molecule has 0 amide bonds. The maximum Gasteiger partial charge on any atom is 0.510 e. The number of nitrogens with two attached hydrogens (primary N) is 1. The third kappa shape index (κ3) is 9.59. The minimum absolute atomic E-state index is 0.0518. The van der Waals surface area contributed by atoms with Crippen LogP contribution in [0.1, 0.15) is 39.5 Å². The van der Waals surface area contributed by atoms with Crippen molar-refractivity contribution in [3.8, 4) is 0 Å². The average Bonchev–Trinajstić information content (AvgIpc) is 3.61. The van der Waals surface area contributed by atoms with Crippen molar-refractivity contribution in [3.05, 3.63) is 6.33 Å². The molecule has 2 aromatic rings. The molecule has 1 aliphatic rings. The lowest BCUT2D eigenvalue weighted by molar-refractivity contribution is -0.0259. The molecule has 2 aromatic heterocycles. The van der Waals surface area contributed by atoms with Gasteiger partial charge in [-0.2, -0.15) is 9.97 Å². The number of ether oxygens (including phenoxy) is 5. The predicted molar refractivity (Wildman–Crippen MR) is 132 cm³/mol. The highest BCUT2D eigenvalue weighted by Crippen LogP contribution is 2.48. The largest absolute Gasteiger partial charge is 0.510 e. The monoisotopic (exact) mass is 560 g/mol. The van der Waals surface area contributed by atoms with Crippen LogP contribution < -0.4 is 11.1 Å². The Morgan fingerprint density at radius 3 is 2.24 bits per heavy atom. The number of hydrogen-bond donors (Lipinski definition) is 2. The molecule has 16 nitrogen and oxygen atoms in total. The van der Waals surface area contributed by atoms with Crippen molar-refractivity contribution < 1.29 is 46.9 Å². The standard InChI is InChI=1S/C21H33N6O10P/c1-3-8-32-20(28)34-12-36-38(30,37-13-35-21(29)33-9-4-2)14-31-10-7-27-11-23-16-17(24-15-5-6-15)25-19(22)26-18(16)27/h11,15H,3-10,12-14H2,1-2H3,(H3,22,24,25,26). The highest BCUT2D eigenvalue weighted by Gasteiger charge is 2.28. The van der Waals surface area contributed by atoms with E-state index in [2.05, 4.69) is 20.3 Å². The number of nitrogens with one attached hydrogen (secondary N) is 1. The van der Waals surface area contributed by atoms with Gasteiger partial charge >= 0.3 is 19.9 Å². The lowest BCUT2D eigenvalue weighted by atomic mass is 10.4. The maximum atomic E-state index is 13.1. The minimum Gasteiger partial charge on any atom is -0.434 e. The van der Waals surface area contributed by atoms with E-state index in [1.54, 1.807) is 10.9 Å². The molecule has 0 spiro atoms. The van der Waals surface area contributed by atoms with Crippen LogP contribution in [-0.2, 0) is 43.8 Å². The molecule has 1 aliphatic carbocycles. The van der Waals surface area contributed by atoms with E-state index in [1.165, 1.54) is 0 Å². The molecule has 0 bridgehead atoms. The molecule has 3 N–H and O–H groups in total. The molecule has 0 aliphatic heterocycles. The summed E-state index contributed by atoms with van der Waals surface area (Å²) >= 11 is 0. The molecule has 17 heteroatoms. The summed E-state index contributed by atoms with van der Waals surface area (Å²) in [5, 5.41) is 3.28. The van der Waals surface area contributed by atoms with Crippen molar-refractivity contribution in [2.75, 3.05) is 50.8 Å². The summed E-state index contributed by atoms with van der Waals surface area (Å²) in [6.07, 6.45) is 2.34. The Hall–Kier alpha value is -3.20. The van der Waals surface area contributed by atoms with E-state index in [4.69, 9.17) is 38.5 Å². The van der Waals surface area contributed by atoms with E-state index in [9.17, 15) is 14.2 Å². The maximum absolute atomic E-state index is 13.1. The summed E-state index contributed by atoms with van der Waals surface area (Å²) in [6, 6.07) is 0.352. The number of hydrogen-bond acceptors (Lipinski definition) is 15. The zero-order valence-electron chi connectivity index (χ0n) is 21.3. The van der Waals surface area contributed by atoms with Gasteiger partial charge in [-0.1, -0.05) is 13.8 Å². The van der Waals surface area contributed by atoms with Crippen LogP contribution in [0.3, 0.4) is 0 Å². The van der Waals surface area contributed by atoms with Gasteiger partial charge < -0.3 is 39.3 Å². The van der Waals surface area contributed by atoms with Crippen LogP contribution >= 0.6 is 7.60 Å². The number of fused-ring (bicyclic) bond motifs is 1. The lowest BCUT2D eigenvalue weighted by Crippen LogP contribution is -2.15. The van der Waals surface area contributed by atoms with Gasteiger partial charge in [0.1, 0.15) is 6.35 Å². The quantitative estimate of drug-likeness (QED) is 0.124. The van der Waals surface area contributed by atoms with Gasteiger partial charge in [0.25, 0.3) is 0 Å². The first-order valence-corrected chi connectivity index (χ1v) is 13.9. The molecule has 0 atom stereocenters. The minimum atomic E-state index is -4.03. The van der Waals surface area contributed by atoms with Gasteiger partial charge in [-0.25, -0.2) is 14.6 Å². The van der Waals surface area contributed by atoms with E-state index in [0.29, 0.717) is 35.9 Å². The van der Waals surface area contributed by atoms with Crippen molar-refractivity contribution in [1.29, 1.82) is 0 Å². The first-order chi connectivity index (χ1) is 18.3. The molecule has 1 fully saturated rings. The topological polar surface area (TPSA) is 197 Å². The second-order valence-corrected chi connectivity index (χ2v) is 10.1. The van der Waals surface area contributed by atoms with Crippen LogP contribution in [0.2, 0.25) is 0 Å². The Labute approximate surface area is 218 Å². The third-order valence-corrected chi connectivity index (χ3v) is 6.32. The van der Waals surface area contributed by atoms with Crippen molar-refractivity contribution in [2.24, 2.45) is 0 Å². The highest BCUT2D eigenvalue weighted by molar-refractivity contribution is 7.53. The fraction of sp³-hybridized carbons (Fsp3) is 0.667. The number of imidazole rings is 1. The highest BCUT2D eigenvalue weighted by atomic mass is 31.2. The molecule has 0 aromatic carbocycles. The SMILES string of the molecule is CCCOC(=O)OCOP(=O)(COCCn1cnc2c(NC3CC3)nc(N)nc21)OCOC(=O)OCCC. The van der Waals surface area contributed by atoms with Gasteiger partial charge in [0.2, 0.25) is 19.5 Å². The van der Waals surface area contributed by atoms with Crippen LogP contribution in [0.25, 0.3) is 11.2 Å². The van der Waals surface area contributed by atoms with Crippen LogP contribution in [-0.4, -0.2) is 77.6 Å². The Kier molecular flexibility index (Phi) is 11.3. The van der Waals surface area contributed by atoms with Crippen LogP contribution in [0.15, 0.2) is 6.33 Å². The Morgan fingerprint density at radius 2 is 1.66 bits per heavy atom. The normalized spacial score (nSPS) is 13.3. The molecule has 3 rings (SSSR count). The summed E-state index contributed by atoms with van der Waals surface area (Å²) < 4.78 is 49.5. The second-order valence-electron chi connectivity index (χ2n) is 8.09. The van der Waals surface area contributed by atoms with E-state index in [1.807, 2.05) is 13.8 Å². The van der Waals surface area contributed by atoms with Crippen LogP contribution in [0.5, 0.6) is 0 Å². The third-order valence-electron chi connectivity index (χ3n) is 4.83. The fourth-order valence-corrected chi connectivity index (χ4v) is 3.86. The van der Waals surface area contributed by atoms with Gasteiger partial charge in [0.15, 0.2) is 17.0 Å². The van der Waals surface area contributed by atoms with Crippen molar-refractivity contribution in [3.63, 3.8) is 0 Å². The Balaban J connectivity index is 1.53. The van der Waals surface area contributed by atoms with Crippen LogP contribution in [0, 0.1) is 0 Å². The number of anilines is 2. The number of carbonyl (C=O) groups excluding carboxylic acids is 2. The molecule has 0 unspecified atom stereocenters. The number of aromatic nitrogens is 4. The molecular formula is C21H33N6O10P. The molecule has 38 heavy (non-hydrogen) atoms. The first-order valence-electron chi connectivity index (χ1n) is 12.1. The summed E-state index contributed by atoms with van der Waals surface area (Å²) in [5.74, 6) is 0.667. The van der Waals surface area contributed by atoms with E-state index in [-0.39, 0.29) is 32.3 Å². The van der Waals surface area contributed by atoms with Gasteiger partial charge in [-0.15, -0.1) is 0 Å². The van der Waals surface area contributed by atoms with Crippen molar-refractivity contribution in [1.82, 2.24) is 19.5 Å². The van der Waals surface area contributed by atoms with Crippen molar-refractivity contribution >= 4 is 42.8 Å². The van der Waals surface area contributed by atoms with E-state index >= 15 is 0 Å². The van der Waals surface area contributed by atoms with Gasteiger partial charge in [0.05, 0.1) is 26.1 Å². The summed E-state index contributed by atoms with van der Waals surface area (Å²) in [5.41, 5.74) is 6.94. The van der Waals surface area contributed by atoms with Crippen molar-refractivity contribution in [2.45, 2.75) is 52.1 Å².